The normalized spacial score (nSPS) is 10.1. The van der Waals surface area contributed by atoms with Crippen LogP contribution in [0.4, 0.5) is 11.4 Å². The highest BCUT2D eigenvalue weighted by Crippen LogP contribution is 2.31. The first kappa shape index (κ1) is 16.9. The van der Waals surface area contributed by atoms with Crippen LogP contribution >= 0.6 is 0 Å². The third-order valence-electron chi connectivity index (χ3n) is 3.56. The number of ether oxygens (including phenoxy) is 1. The molecule has 0 saturated heterocycles. The van der Waals surface area contributed by atoms with Crippen LogP contribution < -0.4 is 10.1 Å². The molecule has 0 aliphatic rings. The number of hydrogen-bond acceptors (Lipinski definition) is 6. The monoisotopic (exact) mass is 348 g/mol. The van der Waals surface area contributed by atoms with Crippen molar-refractivity contribution < 1.29 is 14.5 Å². The molecule has 26 heavy (non-hydrogen) atoms. The maximum Gasteiger partial charge on any atom is 0.279 e. The van der Waals surface area contributed by atoms with Crippen LogP contribution in [-0.2, 0) is 4.79 Å². The fourth-order valence-electron chi connectivity index (χ4n) is 2.38. The summed E-state index contributed by atoms with van der Waals surface area (Å²) in [4.78, 5) is 26.7. The number of amides is 1. The maximum absolute atomic E-state index is 12.0. The molecule has 2 aromatic carbocycles. The first-order chi connectivity index (χ1) is 12.6. The van der Waals surface area contributed by atoms with E-state index in [0.29, 0.717) is 22.2 Å². The van der Waals surface area contributed by atoms with Crippen LogP contribution in [0.3, 0.4) is 0 Å². The molecule has 1 amide bonds. The van der Waals surface area contributed by atoms with E-state index in [-0.39, 0.29) is 18.0 Å². The molecule has 0 aliphatic heterocycles. The van der Waals surface area contributed by atoms with E-state index < -0.39 is 10.8 Å². The number of aromatic nitrogens is 1. The van der Waals surface area contributed by atoms with Gasteiger partial charge in [0.05, 0.1) is 21.9 Å². The van der Waals surface area contributed by atoms with Gasteiger partial charge < -0.3 is 10.1 Å². The lowest BCUT2D eigenvalue weighted by Gasteiger charge is -2.09. The van der Waals surface area contributed by atoms with E-state index in [1.54, 1.807) is 36.4 Å². The van der Waals surface area contributed by atoms with E-state index in [4.69, 9.17) is 10.00 Å². The zero-order chi connectivity index (χ0) is 18.5. The van der Waals surface area contributed by atoms with E-state index in [9.17, 15) is 14.9 Å². The van der Waals surface area contributed by atoms with Crippen LogP contribution in [-0.4, -0.2) is 22.4 Å². The Morgan fingerprint density at radius 1 is 1.23 bits per heavy atom. The quantitative estimate of drug-likeness (QED) is 0.559. The maximum atomic E-state index is 12.0. The van der Waals surface area contributed by atoms with E-state index >= 15 is 0 Å². The van der Waals surface area contributed by atoms with Gasteiger partial charge in [-0.25, -0.2) is 0 Å². The summed E-state index contributed by atoms with van der Waals surface area (Å²) in [6.45, 7) is -0.288. The summed E-state index contributed by atoms with van der Waals surface area (Å²) in [5, 5.41) is 22.8. The Morgan fingerprint density at radius 2 is 2.00 bits per heavy atom. The third-order valence-corrected chi connectivity index (χ3v) is 3.56. The zero-order valence-corrected chi connectivity index (χ0v) is 13.4. The summed E-state index contributed by atoms with van der Waals surface area (Å²) in [5.41, 5.74) is 1.25. The van der Waals surface area contributed by atoms with Crippen molar-refractivity contribution in [3.8, 4) is 11.8 Å². The Kier molecular flexibility index (Phi) is 4.71. The van der Waals surface area contributed by atoms with Crippen LogP contribution in [0.2, 0.25) is 0 Å². The van der Waals surface area contributed by atoms with Crippen molar-refractivity contribution in [2.75, 3.05) is 11.9 Å². The average Bonchev–Trinajstić information content (AvgIpc) is 2.66. The Balaban J connectivity index is 1.73. The predicted octanol–water partition coefficient (Wildman–Crippen LogP) is 3.03. The molecule has 128 valence electrons. The SMILES string of the molecule is N#Cc1ccc(NC(=O)COc2ccc([N+](=O)[O-])c3cccnc23)cc1. The highest BCUT2D eigenvalue weighted by molar-refractivity contribution is 5.94. The summed E-state index contributed by atoms with van der Waals surface area (Å²) >= 11 is 0. The topological polar surface area (TPSA) is 118 Å². The Labute approximate surface area is 147 Å². The molecule has 1 aromatic heterocycles. The number of rotatable bonds is 5. The van der Waals surface area contributed by atoms with Crippen LogP contribution in [0.1, 0.15) is 5.56 Å². The Bertz CT molecular complexity index is 1030. The van der Waals surface area contributed by atoms with Crippen LogP contribution in [0.15, 0.2) is 54.7 Å². The number of pyridine rings is 1. The standard InChI is InChI=1S/C18H12N4O4/c19-10-12-3-5-13(6-4-12)21-17(23)11-26-16-8-7-15(22(24)25)14-2-1-9-20-18(14)16/h1-9H,11H2,(H,21,23). The number of benzene rings is 2. The number of fused-ring (bicyclic) bond motifs is 1. The number of nitro benzene ring substituents is 1. The first-order valence-electron chi connectivity index (χ1n) is 7.53. The molecule has 0 bridgehead atoms. The molecule has 0 aliphatic carbocycles. The molecule has 1 heterocycles. The van der Waals surface area contributed by atoms with Gasteiger partial charge in [-0.1, -0.05) is 0 Å². The number of nitro groups is 1. The number of non-ortho nitro benzene ring substituents is 1. The minimum atomic E-state index is -0.495. The summed E-state index contributed by atoms with van der Waals surface area (Å²) < 4.78 is 5.48. The molecule has 8 nitrogen and oxygen atoms in total. The minimum Gasteiger partial charge on any atom is -0.481 e. The van der Waals surface area contributed by atoms with Crippen molar-refractivity contribution in [2.45, 2.75) is 0 Å². The van der Waals surface area contributed by atoms with E-state index in [1.165, 1.54) is 18.3 Å². The Hall–Kier alpha value is -3.99. The molecule has 1 N–H and O–H groups in total. The lowest BCUT2D eigenvalue weighted by Crippen LogP contribution is -2.20. The molecule has 0 radical (unpaired) electrons. The van der Waals surface area contributed by atoms with Crippen molar-refractivity contribution in [3.05, 3.63) is 70.4 Å². The van der Waals surface area contributed by atoms with Crippen molar-refractivity contribution in [2.24, 2.45) is 0 Å². The second-order valence-corrected chi connectivity index (χ2v) is 5.27. The van der Waals surface area contributed by atoms with Crippen molar-refractivity contribution >= 4 is 28.2 Å². The number of nitrogens with one attached hydrogen (secondary N) is 1. The lowest BCUT2D eigenvalue weighted by atomic mass is 10.1. The average molecular weight is 348 g/mol. The molecule has 0 fully saturated rings. The number of nitrogens with zero attached hydrogens (tertiary/aromatic N) is 3. The zero-order valence-electron chi connectivity index (χ0n) is 13.4. The van der Waals surface area contributed by atoms with Crippen LogP contribution in [0.25, 0.3) is 10.9 Å². The molecule has 3 rings (SSSR count). The van der Waals surface area contributed by atoms with Gasteiger partial charge in [0.2, 0.25) is 0 Å². The van der Waals surface area contributed by atoms with Gasteiger partial charge in [-0.2, -0.15) is 5.26 Å². The first-order valence-corrected chi connectivity index (χ1v) is 7.53. The van der Waals surface area contributed by atoms with Gasteiger partial charge >= 0.3 is 0 Å². The lowest BCUT2D eigenvalue weighted by molar-refractivity contribution is -0.383. The number of hydrogen-bond donors (Lipinski definition) is 1. The van der Waals surface area contributed by atoms with Gasteiger partial charge in [-0.15, -0.1) is 0 Å². The minimum absolute atomic E-state index is 0.0810. The van der Waals surface area contributed by atoms with Gasteiger partial charge in [0.15, 0.2) is 6.61 Å². The van der Waals surface area contributed by atoms with Gasteiger partial charge in [-0.3, -0.25) is 19.9 Å². The van der Waals surface area contributed by atoms with Gasteiger partial charge in [-0.05, 0) is 42.5 Å². The molecule has 0 unspecified atom stereocenters. The summed E-state index contributed by atoms with van der Waals surface area (Å²) in [6, 6.07) is 14.3. The van der Waals surface area contributed by atoms with E-state index in [2.05, 4.69) is 10.3 Å². The number of carbonyl (C=O) groups excluding carboxylic acids is 1. The number of nitriles is 1. The van der Waals surface area contributed by atoms with Crippen molar-refractivity contribution in [1.29, 1.82) is 5.26 Å². The highest BCUT2D eigenvalue weighted by Gasteiger charge is 2.16. The van der Waals surface area contributed by atoms with E-state index in [1.807, 2.05) is 6.07 Å². The van der Waals surface area contributed by atoms with Gasteiger partial charge in [0, 0.05) is 18.0 Å². The van der Waals surface area contributed by atoms with E-state index in [0.717, 1.165) is 0 Å². The summed E-state index contributed by atoms with van der Waals surface area (Å²) in [5.74, 6) is -0.127. The molecule has 0 atom stereocenters. The fourth-order valence-corrected chi connectivity index (χ4v) is 2.38. The largest absolute Gasteiger partial charge is 0.481 e. The molecule has 8 heteroatoms. The fraction of sp³-hybridized carbons (Fsp3) is 0.0556. The smallest absolute Gasteiger partial charge is 0.279 e. The third kappa shape index (κ3) is 3.57. The second-order valence-electron chi connectivity index (χ2n) is 5.27. The second kappa shape index (κ2) is 7.27. The molecule has 3 aromatic rings. The van der Waals surface area contributed by atoms with Gasteiger partial charge in [0.25, 0.3) is 11.6 Å². The summed E-state index contributed by atoms with van der Waals surface area (Å²) in [6.07, 6.45) is 1.50. The highest BCUT2D eigenvalue weighted by atomic mass is 16.6. The molecule has 0 spiro atoms. The summed E-state index contributed by atoms with van der Waals surface area (Å²) in [7, 11) is 0. The molecule has 0 saturated carbocycles. The van der Waals surface area contributed by atoms with Crippen LogP contribution in [0, 0.1) is 21.4 Å². The Morgan fingerprint density at radius 3 is 2.69 bits per heavy atom. The molecular formula is C18H12N4O4. The predicted molar refractivity (Wildman–Crippen MR) is 93.7 cm³/mol. The molecular weight excluding hydrogens is 336 g/mol. The van der Waals surface area contributed by atoms with Gasteiger partial charge in [0.1, 0.15) is 11.3 Å². The number of carbonyl (C=O) groups is 1. The van der Waals surface area contributed by atoms with Crippen molar-refractivity contribution in [3.63, 3.8) is 0 Å². The van der Waals surface area contributed by atoms with Crippen molar-refractivity contribution in [1.82, 2.24) is 4.98 Å². The van der Waals surface area contributed by atoms with Crippen LogP contribution in [0.5, 0.6) is 5.75 Å². The number of anilines is 1.